The van der Waals surface area contributed by atoms with Crippen LogP contribution in [0.2, 0.25) is 0 Å². The molecule has 5 heterocycles. The maximum absolute atomic E-state index is 5.67. The maximum Gasteiger partial charge on any atom is 0.231 e. The van der Waals surface area contributed by atoms with E-state index in [1.54, 1.807) is 0 Å². The molecule has 5 nitrogen and oxygen atoms in total. The highest BCUT2D eigenvalue weighted by Gasteiger charge is 2.38. The SMILES string of the molecule is Cn1cc(-c2noc(C3CN4CCC3CC4)n2)c2ccccc21. The van der Waals surface area contributed by atoms with Gasteiger partial charge in [0, 0.05) is 36.3 Å². The average Bonchev–Trinajstić information content (AvgIpc) is 3.21. The van der Waals surface area contributed by atoms with E-state index in [0.29, 0.717) is 17.7 Å². The first-order valence-electron chi connectivity index (χ1n) is 8.40. The number of aromatic nitrogens is 3. The molecule has 0 aliphatic carbocycles. The molecule has 0 N–H and O–H groups in total. The predicted octanol–water partition coefficient (Wildman–Crippen LogP) is 3.04. The van der Waals surface area contributed by atoms with Crippen molar-refractivity contribution in [1.29, 1.82) is 0 Å². The van der Waals surface area contributed by atoms with Crippen LogP contribution in [0.25, 0.3) is 22.3 Å². The number of hydrogen-bond acceptors (Lipinski definition) is 4. The van der Waals surface area contributed by atoms with Gasteiger partial charge in [-0.05, 0) is 37.9 Å². The number of benzene rings is 1. The van der Waals surface area contributed by atoms with Crippen LogP contribution in [0.3, 0.4) is 0 Å². The molecule has 3 aliphatic rings. The molecule has 0 saturated carbocycles. The van der Waals surface area contributed by atoms with Crippen molar-refractivity contribution in [3.8, 4) is 11.4 Å². The van der Waals surface area contributed by atoms with E-state index in [9.17, 15) is 0 Å². The van der Waals surface area contributed by atoms with Crippen LogP contribution >= 0.6 is 0 Å². The molecule has 5 heteroatoms. The van der Waals surface area contributed by atoms with E-state index in [2.05, 4.69) is 52.1 Å². The summed E-state index contributed by atoms with van der Waals surface area (Å²) in [6.07, 6.45) is 4.61. The van der Waals surface area contributed by atoms with E-state index in [1.165, 1.54) is 36.8 Å². The fraction of sp³-hybridized carbons (Fsp3) is 0.444. The Labute approximate surface area is 134 Å². The highest BCUT2D eigenvalue weighted by molar-refractivity contribution is 5.94. The fourth-order valence-corrected chi connectivity index (χ4v) is 4.26. The van der Waals surface area contributed by atoms with Gasteiger partial charge in [0.25, 0.3) is 0 Å². The third-order valence-electron chi connectivity index (χ3n) is 5.55. The van der Waals surface area contributed by atoms with Crippen molar-refractivity contribution in [3.63, 3.8) is 0 Å². The molecule has 0 spiro atoms. The Morgan fingerprint density at radius 3 is 2.78 bits per heavy atom. The molecule has 0 radical (unpaired) electrons. The smallest absolute Gasteiger partial charge is 0.231 e. The summed E-state index contributed by atoms with van der Waals surface area (Å²) in [6, 6.07) is 8.35. The van der Waals surface area contributed by atoms with Crippen LogP contribution in [0.1, 0.15) is 24.7 Å². The quantitative estimate of drug-likeness (QED) is 0.730. The second-order valence-electron chi connectivity index (χ2n) is 6.87. The molecule has 3 aromatic rings. The van der Waals surface area contributed by atoms with E-state index >= 15 is 0 Å². The van der Waals surface area contributed by atoms with E-state index < -0.39 is 0 Å². The summed E-state index contributed by atoms with van der Waals surface area (Å²) in [5.41, 5.74) is 2.25. The Kier molecular flexibility index (Phi) is 2.85. The number of nitrogens with zero attached hydrogens (tertiary/aromatic N) is 4. The third-order valence-corrected chi connectivity index (χ3v) is 5.55. The molecule has 1 atom stereocenters. The van der Waals surface area contributed by atoms with Gasteiger partial charge in [-0.15, -0.1) is 0 Å². The van der Waals surface area contributed by atoms with Gasteiger partial charge >= 0.3 is 0 Å². The van der Waals surface area contributed by atoms with Crippen molar-refractivity contribution in [3.05, 3.63) is 36.4 Å². The van der Waals surface area contributed by atoms with Gasteiger partial charge in [0.15, 0.2) is 0 Å². The minimum absolute atomic E-state index is 0.411. The number of rotatable bonds is 2. The van der Waals surface area contributed by atoms with Crippen molar-refractivity contribution < 1.29 is 4.52 Å². The zero-order valence-electron chi connectivity index (χ0n) is 13.3. The molecular weight excluding hydrogens is 288 g/mol. The van der Waals surface area contributed by atoms with Crippen LogP contribution < -0.4 is 0 Å². The second kappa shape index (κ2) is 4.93. The van der Waals surface area contributed by atoms with Gasteiger partial charge in [0.2, 0.25) is 11.7 Å². The van der Waals surface area contributed by atoms with Crippen LogP contribution in [0.5, 0.6) is 0 Å². The topological polar surface area (TPSA) is 47.1 Å². The highest BCUT2D eigenvalue weighted by atomic mass is 16.5. The minimum Gasteiger partial charge on any atom is -0.350 e. The largest absolute Gasteiger partial charge is 0.350 e. The van der Waals surface area contributed by atoms with Crippen molar-refractivity contribution in [2.75, 3.05) is 19.6 Å². The van der Waals surface area contributed by atoms with Crippen LogP contribution in [0, 0.1) is 5.92 Å². The lowest BCUT2D eigenvalue weighted by Gasteiger charge is -2.43. The summed E-state index contributed by atoms with van der Waals surface area (Å²) >= 11 is 0. The molecule has 23 heavy (non-hydrogen) atoms. The Balaban J connectivity index is 1.54. The molecule has 118 valence electrons. The summed E-state index contributed by atoms with van der Waals surface area (Å²) in [6.45, 7) is 3.53. The molecule has 1 aromatic carbocycles. The van der Waals surface area contributed by atoms with Crippen molar-refractivity contribution in [2.45, 2.75) is 18.8 Å². The van der Waals surface area contributed by atoms with Crippen molar-refractivity contribution in [2.24, 2.45) is 13.0 Å². The number of aryl methyl sites for hydroxylation is 1. The van der Waals surface area contributed by atoms with Gasteiger partial charge in [-0.1, -0.05) is 23.4 Å². The zero-order chi connectivity index (χ0) is 15.4. The molecule has 6 rings (SSSR count). The van der Waals surface area contributed by atoms with Gasteiger partial charge < -0.3 is 14.0 Å². The van der Waals surface area contributed by atoms with E-state index in [0.717, 1.165) is 18.0 Å². The second-order valence-corrected chi connectivity index (χ2v) is 6.87. The van der Waals surface area contributed by atoms with Crippen LogP contribution in [0.15, 0.2) is 35.0 Å². The lowest BCUT2D eigenvalue weighted by atomic mass is 9.79. The summed E-state index contributed by atoms with van der Waals surface area (Å²) < 4.78 is 7.79. The van der Waals surface area contributed by atoms with E-state index in [-0.39, 0.29) is 0 Å². The first-order valence-corrected chi connectivity index (χ1v) is 8.40. The van der Waals surface area contributed by atoms with Crippen LogP contribution in [-0.2, 0) is 7.05 Å². The fourth-order valence-electron chi connectivity index (χ4n) is 4.26. The average molecular weight is 308 g/mol. The summed E-state index contributed by atoms with van der Waals surface area (Å²) in [5, 5.41) is 5.47. The summed E-state index contributed by atoms with van der Waals surface area (Å²) in [7, 11) is 2.06. The predicted molar refractivity (Wildman–Crippen MR) is 88.1 cm³/mol. The van der Waals surface area contributed by atoms with Gasteiger partial charge in [0.1, 0.15) is 0 Å². The lowest BCUT2D eigenvalue weighted by Crippen LogP contribution is -2.46. The first kappa shape index (κ1) is 13.3. The summed E-state index contributed by atoms with van der Waals surface area (Å²) in [4.78, 5) is 7.29. The Hall–Kier alpha value is -2.14. The Bertz CT molecular complexity index is 857. The van der Waals surface area contributed by atoms with Gasteiger partial charge in [-0.3, -0.25) is 0 Å². The molecule has 0 amide bonds. The van der Waals surface area contributed by atoms with Crippen molar-refractivity contribution >= 4 is 10.9 Å². The molecule has 2 bridgehead atoms. The van der Waals surface area contributed by atoms with Crippen LogP contribution in [0.4, 0.5) is 0 Å². The molecule has 1 unspecified atom stereocenters. The third kappa shape index (κ3) is 2.03. The normalized spacial score (nSPS) is 26.9. The van der Waals surface area contributed by atoms with E-state index in [1.807, 2.05) is 0 Å². The van der Waals surface area contributed by atoms with Gasteiger partial charge in [-0.2, -0.15) is 4.98 Å². The zero-order valence-corrected chi connectivity index (χ0v) is 13.3. The van der Waals surface area contributed by atoms with Gasteiger partial charge in [0.05, 0.1) is 5.92 Å². The standard InChI is InChI=1S/C18H20N4O/c1-21-10-15(13-4-2-3-5-16(13)21)17-19-18(23-20-17)14-11-22-8-6-12(14)7-9-22/h2-5,10,12,14H,6-9,11H2,1H3. The highest BCUT2D eigenvalue weighted by Crippen LogP contribution is 2.39. The molecular formula is C18H20N4O. The minimum atomic E-state index is 0.411. The lowest BCUT2D eigenvalue weighted by molar-refractivity contribution is 0.0727. The Morgan fingerprint density at radius 1 is 1.17 bits per heavy atom. The van der Waals surface area contributed by atoms with Crippen LogP contribution in [-0.4, -0.2) is 39.2 Å². The molecule has 3 saturated heterocycles. The molecule has 3 aliphatic heterocycles. The van der Waals surface area contributed by atoms with Gasteiger partial charge in [-0.25, -0.2) is 0 Å². The summed E-state index contributed by atoms with van der Waals surface area (Å²) in [5.74, 6) is 2.66. The van der Waals surface area contributed by atoms with E-state index in [4.69, 9.17) is 9.51 Å². The maximum atomic E-state index is 5.67. The first-order chi connectivity index (χ1) is 11.3. The molecule has 3 fully saturated rings. The van der Waals surface area contributed by atoms with Crippen molar-refractivity contribution in [1.82, 2.24) is 19.6 Å². The number of hydrogen-bond donors (Lipinski definition) is 0. The number of fused-ring (bicyclic) bond motifs is 4. The molecule has 2 aromatic heterocycles. The number of piperidine rings is 3. The number of para-hydroxylation sites is 1. The monoisotopic (exact) mass is 308 g/mol. The Morgan fingerprint density at radius 2 is 2.00 bits per heavy atom.